The highest BCUT2D eigenvalue weighted by molar-refractivity contribution is 9.10. The van der Waals surface area contributed by atoms with Gasteiger partial charge in [-0.3, -0.25) is 9.59 Å². The highest BCUT2D eigenvalue weighted by Gasteiger charge is 2.41. The Bertz CT molecular complexity index is 1020. The molecule has 2 heterocycles. The van der Waals surface area contributed by atoms with Crippen LogP contribution in [0.3, 0.4) is 0 Å². The van der Waals surface area contributed by atoms with Gasteiger partial charge < -0.3 is 0 Å². The van der Waals surface area contributed by atoms with E-state index in [0.717, 1.165) is 19.0 Å². The first-order chi connectivity index (χ1) is 12.0. The van der Waals surface area contributed by atoms with Crippen molar-refractivity contribution in [1.82, 2.24) is 4.98 Å². The molecule has 0 N–H and O–H groups in total. The number of fused-ring (bicyclic) bond motifs is 1. The summed E-state index contributed by atoms with van der Waals surface area (Å²) >= 11 is 4.62. The van der Waals surface area contributed by atoms with Crippen molar-refractivity contribution < 1.29 is 14.4 Å². The maximum atomic E-state index is 12.9. The lowest BCUT2D eigenvalue weighted by Crippen LogP contribution is -2.55. The first-order valence-electron chi connectivity index (χ1n) is 7.35. The molecule has 0 aliphatic carbocycles. The Balaban J connectivity index is 1.78. The Morgan fingerprint density at radius 2 is 1.68 bits per heavy atom. The van der Waals surface area contributed by atoms with Crippen LogP contribution in [0.4, 0.5) is 15.6 Å². The van der Waals surface area contributed by atoms with Crippen molar-refractivity contribution in [2.24, 2.45) is 0 Å². The van der Waals surface area contributed by atoms with Gasteiger partial charge in [-0.1, -0.05) is 45.5 Å². The zero-order valence-electron chi connectivity index (χ0n) is 12.7. The molecule has 0 unspecified atom stereocenters. The van der Waals surface area contributed by atoms with Crippen LogP contribution in [0.15, 0.2) is 53.0 Å². The van der Waals surface area contributed by atoms with Gasteiger partial charge >= 0.3 is 6.03 Å². The molecule has 25 heavy (non-hydrogen) atoms. The molecule has 1 aliphatic heterocycles. The summed E-state index contributed by atoms with van der Waals surface area (Å²) in [6.07, 6.45) is -0.375. The maximum Gasteiger partial charge on any atom is 0.344 e. The molecule has 8 heteroatoms. The molecule has 0 atom stereocenters. The number of aromatic nitrogens is 1. The second kappa shape index (κ2) is 6.05. The van der Waals surface area contributed by atoms with E-state index in [1.54, 1.807) is 36.4 Å². The Hall–Kier alpha value is -2.58. The van der Waals surface area contributed by atoms with Gasteiger partial charge in [-0.15, -0.1) is 0 Å². The molecular weight excluding hydrogens is 406 g/mol. The van der Waals surface area contributed by atoms with E-state index in [1.807, 2.05) is 12.1 Å². The van der Waals surface area contributed by atoms with Gasteiger partial charge in [-0.25, -0.2) is 19.6 Å². The molecule has 3 aromatic rings. The molecule has 0 saturated carbocycles. The number of rotatable bonds is 2. The third-order valence-corrected chi connectivity index (χ3v) is 5.23. The monoisotopic (exact) mass is 415 g/mol. The zero-order chi connectivity index (χ0) is 17.6. The van der Waals surface area contributed by atoms with Crippen LogP contribution in [0.5, 0.6) is 0 Å². The van der Waals surface area contributed by atoms with Crippen LogP contribution < -0.4 is 9.80 Å². The maximum absolute atomic E-state index is 12.9. The quantitative estimate of drug-likeness (QED) is 0.594. The Labute approximate surface area is 154 Å². The first kappa shape index (κ1) is 15.9. The van der Waals surface area contributed by atoms with Gasteiger partial charge in [0.2, 0.25) is 16.9 Å². The fourth-order valence-electron chi connectivity index (χ4n) is 2.60. The van der Waals surface area contributed by atoms with Gasteiger partial charge in [-0.05, 0) is 30.3 Å². The van der Waals surface area contributed by atoms with E-state index in [0.29, 0.717) is 11.2 Å². The number of carbonyl (C=O) groups excluding carboxylic acids is 3. The third-order valence-electron chi connectivity index (χ3n) is 3.73. The Morgan fingerprint density at radius 1 is 0.960 bits per heavy atom. The summed E-state index contributed by atoms with van der Waals surface area (Å²) in [5.41, 5.74) is 1.12. The number of nitrogens with zero attached hydrogens (tertiary/aromatic N) is 3. The number of para-hydroxylation sites is 1. The molecule has 6 nitrogen and oxygen atoms in total. The second-order valence-corrected chi connectivity index (χ2v) is 7.29. The Kier molecular flexibility index (Phi) is 3.85. The highest BCUT2D eigenvalue weighted by Crippen LogP contribution is 2.33. The van der Waals surface area contributed by atoms with Crippen molar-refractivity contribution >= 4 is 66.1 Å². The molecule has 124 valence electrons. The van der Waals surface area contributed by atoms with Crippen molar-refractivity contribution in [1.29, 1.82) is 0 Å². The van der Waals surface area contributed by atoms with Crippen molar-refractivity contribution in [3.63, 3.8) is 0 Å². The summed E-state index contributed by atoms with van der Waals surface area (Å²) in [5, 5.41) is 0.261. The van der Waals surface area contributed by atoms with Crippen LogP contribution in [-0.4, -0.2) is 22.8 Å². The molecule has 1 aromatic heterocycles. The van der Waals surface area contributed by atoms with E-state index in [9.17, 15) is 14.4 Å². The fourth-order valence-corrected chi connectivity index (χ4v) is 4.13. The summed E-state index contributed by atoms with van der Waals surface area (Å²) in [4.78, 5) is 43.8. The minimum atomic E-state index is -0.703. The fraction of sp³-hybridized carbons (Fsp3) is 0.0588. The van der Waals surface area contributed by atoms with Crippen LogP contribution in [0.2, 0.25) is 0 Å². The van der Waals surface area contributed by atoms with Crippen LogP contribution in [0, 0.1) is 0 Å². The van der Waals surface area contributed by atoms with Crippen LogP contribution in [0.25, 0.3) is 10.2 Å². The predicted molar refractivity (Wildman–Crippen MR) is 98.7 cm³/mol. The lowest BCUT2D eigenvalue weighted by atomic mass is 10.2. The highest BCUT2D eigenvalue weighted by atomic mass is 79.9. The van der Waals surface area contributed by atoms with Gasteiger partial charge in [0.15, 0.2) is 0 Å². The largest absolute Gasteiger partial charge is 0.344 e. The van der Waals surface area contributed by atoms with E-state index < -0.39 is 17.8 Å². The van der Waals surface area contributed by atoms with E-state index in [4.69, 9.17) is 0 Å². The van der Waals surface area contributed by atoms with Gasteiger partial charge in [0.05, 0.1) is 15.9 Å². The molecule has 0 radical (unpaired) electrons. The van der Waals surface area contributed by atoms with Crippen molar-refractivity contribution in [3.05, 3.63) is 53.0 Å². The SMILES string of the molecule is O=C1CC(=O)N(c2nc3ccc(Br)cc3s2)C(=O)N1c1ccccc1. The van der Waals surface area contributed by atoms with Crippen molar-refractivity contribution in [2.75, 3.05) is 9.80 Å². The minimum absolute atomic E-state index is 0.261. The van der Waals surface area contributed by atoms with E-state index >= 15 is 0 Å². The number of imide groups is 2. The molecule has 0 spiro atoms. The standard InChI is InChI=1S/C17H10BrN3O3S/c18-10-6-7-12-13(8-10)25-16(19-12)21-15(23)9-14(22)20(17(21)24)11-4-2-1-3-5-11/h1-8H,9H2. The van der Waals surface area contributed by atoms with E-state index in [-0.39, 0.29) is 11.6 Å². The topological polar surface area (TPSA) is 70.6 Å². The summed E-state index contributed by atoms with van der Waals surface area (Å²) in [6, 6.07) is 13.4. The lowest BCUT2D eigenvalue weighted by molar-refractivity contribution is -0.126. The number of benzene rings is 2. The summed E-state index contributed by atoms with van der Waals surface area (Å²) < 4.78 is 1.72. The van der Waals surface area contributed by atoms with Crippen molar-refractivity contribution in [2.45, 2.75) is 6.42 Å². The molecular formula is C17H10BrN3O3S. The number of barbiturate groups is 1. The zero-order valence-corrected chi connectivity index (χ0v) is 15.1. The smallest absolute Gasteiger partial charge is 0.273 e. The van der Waals surface area contributed by atoms with Gasteiger partial charge in [0.25, 0.3) is 0 Å². The molecule has 1 aliphatic rings. The number of halogens is 1. The normalized spacial score (nSPS) is 15.3. The molecule has 2 aromatic carbocycles. The van der Waals surface area contributed by atoms with Gasteiger partial charge in [0.1, 0.15) is 6.42 Å². The number of hydrogen-bond donors (Lipinski definition) is 0. The number of hydrogen-bond acceptors (Lipinski definition) is 5. The first-order valence-corrected chi connectivity index (χ1v) is 8.96. The third kappa shape index (κ3) is 2.73. The summed E-state index contributed by atoms with van der Waals surface area (Å²) in [6.45, 7) is 0. The van der Waals surface area contributed by atoms with Crippen molar-refractivity contribution in [3.8, 4) is 0 Å². The summed E-state index contributed by atoms with van der Waals surface area (Å²) in [7, 11) is 0. The van der Waals surface area contributed by atoms with Crippen LogP contribution >= 0.6 is 27.3 Å². The van der Waals surface area contributed by atoms with E-state index in [1.165, 1.54) is 11.3 Å². The van der Waals surface area contributed by atoms with Gasteiger partial charge in [0, 0.05) is 4.47 Å². The lowest BCUT2D eigenvalue weighted by Gasteiger charge is -2.31. The number of carbonyl (C=O) groups is 3. The number of amides is 4. The Morgan fingerprint density at radius 3 is 2.44 bits per heavy atom. The molecule has 1 fully saturated rings. The number of urea groups is 1. The van der Waals surface area contributed by atoms with Crippen LogP contribution in [-0.2, 0) is 9.59 Å². The number of anilines is 2. The summed E-state index contributed by atoms with van der Waals surface area (Å²) in [5.74, 6) is -1.11. The van der Waals surface area contributed by atoms with Gasteiger partial charge in [-0.2, -0.15) is 0 Å². The predicted octanol–water partition coefficient (Wildman–Crippen LogP) is 3.95. The van der Waals surface area contributed by atoms with Crippen LogP contribution in [0.1, 0.15) is 6.42 Å². The minimum Gasteiger partial charge on any atom is -0.273 e. The molecule has 0 bridgehead atoms. The number of thiazole rings is 1. The molecule has 4 amide bonds. The second-order valence-electron chi connectivity index (χ2n) is 5.36. The average molecular weight is 416 g/mol. The molecule has 4 rings (SSSR count). The average Bonchev–Trinajstić information content (AvgIpc) is 2.97. The molecule has 1 saturated heterocycles. The van der Waals surface area contributed by atoms with E-state index in [2.05, 4.69) is 20.9 Å².